The Morgan fingerprint density at radius 1 is 0.960 bits per heavy atom. The molecule has 0 saturated carbocycles. The van der Waals surface area contributed by atoms with E-state index < -0.39 is 0 Å². The van der Waals surface area contributed by atoms with Gasteiger partial charge in [-0.25, -0.2) is 4.99 Å². The maximum absolute atomic E-state index is 5.51. The topological polar surface area (TPSA) is 76.4 Å². The van der Waals surface area contributed by atoms with E-state index >= 15 is 0 Å². The first-order valence-corrected chi connectivity index (χ1v) is 8.74. The first-order valence-electron chi connectivity index (χ1n) is 8.74. The van der Waals surface area contributed by atoms with E-state index in [1.165, 1.54) is 27.8 Å². The number of aliphatic imine (C=N–C) groups is 1. The van der Waals surface area contributed by atoms with Gasteiger partial charge < -0.3 is 16.8 Å². The van der Waals surface area contributed by atoms with Gasteiger partial charge in [0.25, 0.3) is 0 Å². The van der Waals surface area contributed by atoms with E-state index in [-0.39, 0.29) is 11.4 Å². The minimum atomic E-state index is 0.125. The first kappa shape index (κ1) is 19.0. The smallest absolute Gasteiger partial charge is 0.186 e. The highest BCUT2D eigenvalue weighted by atomic mass is 15.0. The van der Waals surface area contributed by atoms with Gasteiger partial charge in [0.05, 0.1) is 6.54 Å². The Labute approximate surface area is 151 Å². The van der Waals surface area contributed by atoms with Crippen molar-refractivity contribution in [3.63, 3.8) is 0 Å². The summed E-state index contributed by atoms with van der Waals surface area (Å²) in [7, 11) is 1.96. The number of nitrogens with one attached hydrogen (secondary N) is 1. The Bertz CT molecular complexity index is 721. The zero-order valence-electron chi connectivity index (χ0n) is 15.8. The van der Waals surface area contributed by atoms with Crippen LogP contribution in [0.25, 0.3) is 11.1 Å². The summed E-state index contributed by atoms with van der Waals surface area (Å²) in [6, 6.07) is 15.3. The van der Waals surface area contributed by atoms with Crippen molar-refractivity contribution in [3.8, 4) is 11.1 Å². The molecule has 0 atom stereocenters. The fraction of sp³-hybridized carbons (Fsp3) is 0.381. The maximum atomic E-state index is 5.51. The molecule has 4 heteroatoms. The number of benzene rings is 2. The third-order valence-corrected chi connectivity index (χ3v) is 4.37. The molecule has 0 bridgehead atoms. The molecule has 0 aliphatic heterocycles. The van der Waals surface area contributed by atoms with Gasteiger partial charge in [-0.2, -0.15) is 0 Å². The summed E-state index contributed by atoms with van der Waals surface area (Å²) in [5.41, 5.74) is 17.4. The van der Waals surface area contributed by atoms with Gasteiger partial charge in [-0.15, -0.1) is 0 Å². The van der Waals surface area contributed by atoms with Crippen molar-refractivity contribution in [1.29, 1.82) is 0 Å². The molecule has 25 heavy (non-hydrogen) atoms. The van der Waals surface area contributed by atoms with Gasteiger partial charge in [-0.05, 0) is 59.3 Å². The first-order chi connectivity index (χ1) is 11.8. The van der Waals surface area contributed by atoms with Gasteiger partial charge in [0.2, 0.25) is 0 Å². The fourth-order valence-electron chi connectivity index (χ4n) is 2.80. The van der Waals surface area contributed by atoms with Gasteiger partial charge in [0, 0.05) is 0 Å². The highest BCUT2D eigenvalue weighted by Crippen LogP contribution is 2.27. The minimum Gasteiger partial charge on any atom is -0.370 e. The molecule has 0 aromatic heterocycles. The molecule has 0 spiro atoms. The Morgan fingerprint density at radius 3 is 2.16 bits per heavy atom. The lowest BCUT2D eigenvalue weighted by atomic mass is 9.86. The molecule has 0 unspecified atom stereocenters. The Balaban J connectivity index is 2.34. The highest BCUT2D eigenvalue weighted by Gasteiger charge is 2.13. The molecule has 0 fully saturated rings. The third kappa shape index (κ3) is 5.33. The van der Waals surface area contributed by atoms with Gasteiger partial charge in [0.1, 0.15) is 0 Å². The largest absolute Gasteiger partial charge is 0.370 e. The molecular formula is C21H30N4. The van der Waals surface area contributed by atoms with Crippen LogP contribution in [0.5, 0.6) is 0 Å². The summed E-state index contributed by atoms with van der Waals surface area (Å²) in [6.07, 6.45) is 0.953. The number of nitrogens with two attached hydrogens (primary N) is 2. The summed E-state index contributed by atoms with van der Waals surface area (Å²) in [5, 5.41) is 3.19. The molecular weight excluding hydrogens is 308 g/mol. The van der Waals surface area contributed by atoms with E-state index in [9.17, 15) is 0 Å². The van der Waals surface area contributed by atoms with Crippen LogP contribution in [0.3, 0.4) is 0 Å². The molecule has 0 aliphatic carbocycles. The van der Waals surface area contributed by atoms with Gasteiger partial charge in [-0.1, -0.05) is 57.2 Å². The van der Waals surface area contributed by atoms with E-state index in [2.05, 4.69) is 73.5 Å². The molecule has 4 nitrogen and oxygen atoms in total. The van der Waals surface area contributed by atoms with Crippen LogP contribution in [0, 0.1) is 0 Å². The van der Waals surface area contributed by atoms with Crippen molar-refractivity contribution in [3.05, 3.63) is 59.2 Å². The molecule has 0 radical (unpaired) electrons. The lowest BCUT2D eigenvalue weighted by molar-refractivity contribution is 0.590. The summed E-state index contributed by atoms with van der Waals surface area (Å²) < 4.78 is 0. The van der Waals surface area contributed by atoms with Crippen LogP contribution in [-0.4, -0.2) is 19.6 Å². The Kier molecular flexibility index (Phi) is 6.21. The average molecular weight is 338 g/mol. The van der Waals surface area contributed by atoms with Crippen LogP contribution in [-0.2, 0) is 18.4 Å². The fourth-order valence-corrected chi connectivity index (χ4v) is 2.80. The summed E-state index contributed by atoms with van der Waals surface area (Å²) >= 11 is 0. The number of hydrogen-bond donors (Lipinski definition) is 3. The average Bonchev–Trinajstić information content (AvgIpc) is 2.57. The lowest BCUT2D eigenvalue weighted by Crippen LogP contribution is -2.22. The lowest BCUT2D eigenvalue weighted by Gasteiger charge is -2.19. The quantitative estimate of drug-likeness (QED) is 0.559. The van der Waals surface area contributed by atoms with E-state index in [1.54, 1.807) is 0 Å². The maximum Gasteiger partial charge on any atom is 0.186 e. The Morgan fingerprint density at radius 2 is 1.60 bits per heavy atom. The standard InChI is InChI=1S/C21H30N4/c1-21(2,3)19-9-7-15(8-10-19)17-6-5-16(11-12-24-4)18(13-17)14-25-20(22)23/h5-10,13,24H,11-12,14H2,1-4H3,(H4,22,23,25). The zero-order valence-corrected chi connectivity index (χ0v) is 15.8. The highest BCUT2D eigenvalue weighted by molar-refractivity contribution is 5.75. The van der Waals surface area contributed by atoms with Crippen LogP contribution in [0.4, 0.5) is 0 Å². The summed E-state index contributed by atoms with van der Waals surface area (Å²) in [4.78, 5) is 4.20. The molecule has 5 N–H and O–H groups in total. The van der Waals surface area contributed by atoms with Crippen LogP contribution in [0.1, 0.15) is 37.5 Å². The van der Waals surface area contributed by atoms with Crippen LogP contribution in [0.2, 0.25) is 0 Å². The van der Waals surface area contributed by atoms with Crippen molar-refractivity contribution < 1.29 is 0 Å². The van der Waals surface area contributed by atoms with Gasteiger partial charge >= 0.3 is 0 Å². The summed E-state index contributed by atoms with van der Waals surface area (Å²) in [6.45, 7) is 8.12. The van der Waals surface area contributed by atoms with Crippen molar-refractivity contribution in [2.45, 2.75) is 39.2 Å². The van der Waals surface area contributed by atoms with Crippen LogP contribution < -0.4 is 16.8 Å². The second kappa shape index (κ2) is 8.17. The Hall–Kier alpha value is -2.33. The van der Waals surface area contributed by atoms with Gasteiger partial charge in [-0.3, -0.25) is 0 Å². The zero-order chi connectivity index (χ0) is 18.4. The van der Waals surface area contributed by atoms with Gasteiger partial charge in [0.15, 0.2) is 5.96 Å². The molecule has 0 amide bonds. The number of nitrogens with zero attached hydrogens (tertiary/aromatic N) is 1. The number of hydrogen-bond acceptors (Lipinski definition) is 2. The SMILES string of the molecule is CNCCc1ccc(-c2ccc(C(C)(C)C)cc2)cc1CN=C(N)N. The monoisotopic (exact) mass is 338 g/mol. The molecule has 2 aromatic carbocycles. The van der Waals surface area contributed by atoms with Crippen molar-refractivity contribution >= 4 is 5.96 Å². The molecule has 0 heterocycles. The normalized spacial score (nSPS) is 11.4. The predicted molar refractivity (Wildman–Crippen MR) is 108 cm³/mol. The molecule has 134 valence electrons. The molecule has 0 saturated heterocycles. The third-order valence-electron chi connectivity index (χ3n) is 4.37. The van der Waals surface area contributed by atoms with E-state index in [4.69, 9.17) is 11.5 Å². The second-order valence-corrected chi connectivity index (χ2v) is 7.41. The predicted octanol–water partition coefficient (Wildman–Crippen LogP) is 3.19. The minimum absolute atomic E-state index is 0.125. The van der Waals surface area contributed by atoms with Crippen molar-refractivity contribution in [2.75, 3.05) is 13.6 Å². The number of likely N-dealkylation sites (N-methyl/N-ethyl adjacent to an activating group) is 1. The second-order valence-electron chi connectivity index (χ2n) is 7.41. The molecule has 2 rings (SSSR count). The van der Waals surface area contributed by atoms with E-state index in [1.807, 2.05) is 7.05 Å². The molecule has 0 aliphatic rings. The molecule has 2 aromatic rings. The van der Waals surface area contributed by atoms with Crippen molar-refractivity contribution in [2.24, 2.45) is 16.5 Å². The van der Waals surface area contributed by atoms with Crippen LogP contribution >= 0.6 is 0 Å². The van der Waals surface area contributed by atoms with E-state index in [0.29, 0.717) is 6.54 Å². The number of rotatable bonds is 6. The number of guanidine groups is 1. The summed E-state index contributed by atoms with van der Waals surface area (Å²) in [5.74, 6) is 0.125. The van der Waals surface area contributed by atoms with Crippen molar-refractivity contribution in [1.82, 2.24) is 5.32 Å². The van der Waals surface area contributed by atoms with E-state index in [0.717, 1.165) is 13.0 Å². The van der Waals surface area contributed by atoms with Crippen LogP contribution in [0.15, 0.2) is 47.5 Å².